The van der Waals surface area contributed by atoms with Gasteiger partial charge in [-0.1, -0.05) is 38.8 Å². The molecule has 1 saturated carbocycles. The molecule has 2 aliphatic rings. The zero-order valence-electron chi connectivity index (χ0n) is 10.5. The molecule has 0 spiro atoms. The van der Waals surface area contributed by atoms with Gasteiger partial charge in [0.1, 0.15) is 0 Å². The monoisotopic (exact) mass is 207 g/mol. The molecule has 1 nitrogen and oxygen atoms in total. The average molecular weight is 207 g/mol. The molecule has 2 aliphatic carbocycles. The largest absolute Gasteiger partial charge is 0.311 e. The van der Waals surface area contributed by atoms with E-state index in [9.17, 15) is 0 Å². The maximum absolute atomic E-state index is 3.78. The van der Waals surface area contributed by atoms with Crippen LogP contribution in [0.2, 0.25) is 0 Å². The molecular formula is C14H25N. The molecule has 0 aromatic heterocycles. The zero-order valence-corrected chi connectivity index (χ0v) is 10.5. The van der Waals surface area contributed by atoms with Crippen LogP contribution < -0.4 is 5.32 Å². The summed E-state index contributed by atoms with van der Waals surface area (Å²) in [5.74, 6) is 0. The SMILES string of the molecule is CC(C)(C)C1=CC[C@H](NC2CCC2)CC1. The summed E-state index contributed by atoms with van der Waals surface area (Å²) in [6.07, 6.45) is 10.6. The first-order valence-electron chi connectivity index (χ1n) is 6.51. The second-order valence-electron chi connectivity index (χ2n) is 6.25. The number of allylic oxidation sites excluding steroid dienone is 1. The molecule has 1 fully saturated rings. The molecule has 0 amide bonds. The highest BCUT2D eigenvalue weighted by Gasteiger charge is 2.25. The Kier molecular flexibility index (Phi) is 3.20. The second kappa shape index (κ2) is 4.29. The van der Waals surface area contributed by atoms with Crippen LogP contribution in [0.15, 0.2) is 11.6 Å². The van der Waals surface area contributed by atoms with Crippen molar-refractivity contribution in [3.63, 3.8) is 0 Å². The zero-order chi connectivity index (χ0) is 10.9. The molecule has 0 saturated heterocycles. The van der Waals surface area contributed by atoms with Gasteiger partial charge in [-0.2, -0.15) is 0 Å². The van der Waals surface area contributed by atoms with Crippen LogP contribution in [-0.2, 0) is 0 Å². The van der Waals surface area contributed by atoms with E-state index in [2.05, 4.69) is 32.2 Å². The van der Waals surface area contributed by atoms with Crippen molar-refractivity contribution in [3.05, 3.63) is 11.6 Å². The van der Waals surface area contributed by atoms with Crippen molar-refractivity contribution in [2.24, 2.45) is 5.41 Å². The number of hydrogen-bond acceptors (Lipinski definition) is 1. The van der Waals surface area contributed by atoms with Crippen LogP contribution in [0.25, 0.3) is 0 Å². The summed E-state index contributed by atoms with van der Waals surface area (Å²) in [5, 5.41) is 3.78. The lowest BCUT2D eigenvalue weighted by atomic mass is 9.79. The van der Waals surface area contributed by atoms with Gasteiger partial charge in [0.05, 0.1) is 0 Å². The van der Waals surface area contributed by atoms with E-state index in [-0.39, 0.29) is 0 Å². The Balaban J connectivity index is 1.82. The van der Waals surface area contributed by atoms with Crippen molar-refractivity contribution >= 4 is 0 Å². The minimum Gasteiger partial charge on any atom is -0.311 e. The van der Waals surface area contributed by atoms with Crippen LogP contribution in [0, 0.1) is 5.41 Å². The van der Waals surface area contributed by atoms with Crippen LogP contribution in [0.5, 0.6) is 0 Å². The van der Waals surface area contributed by atoms with Crippen LogP contribution in [0.4, 0.5) is 0 Å². The molecule has 2 rings (SSSR count). The first-order valence-corrected chi connectivity index (χ1v) is 6.51. The van der Waals surface area contributed by atoms with E-state index in [1.54, 1.807) is 5.57 Å². The van der Waals surface area contributed by atoms with E-state index in [0.29, 0.717) is 5.41 Å². The third kappa shape index (κ3) is 2.84. The lowest BCUT2D eigenvalue weighted by Crippen LogP contribution is -2.43. The predicted molar refractivity (Wildman–Crippen MR) is 66.0 cm³/mol. The summed E-state index contributed by atoms with van der Waals surface area (Å²) in [5.41, 5.74) is 2.05. The lowest BCUT2D eigenvalue weighted by molar-refractivity contribution is 0.287. The Morgan fingerprint density at radius 3 is 2.27 bits per heavy atom. The fraction of sp³-hybridized carbons (Fsp3) is 0.857. The fourth-order valence-corrected chi connectivity index (χ4v) is 2.57. The van der Waals surface area contributed by atoms with Crippen molar-refractivity contribution in [2.75, 3.05) is 0 Å². The molecule has 86 valence electrons. The van der Waals surface area contributed by atoms with E-state index in [4.69, 9.17) is 0 Å². The van der Waals surface area contributed by atoms with Crippen molar-refractivity contribution in [1.29, 1.82) is 0 Å². The molecular weight excluding hydrogens is 182 g/mol. The molecule has 15 heavy (non-hydrogen) atoms. The predicted octanol–water partition coefficient (Wildman–Crippen LogP) is 3.65. The summed E-state index contributed by atoms with van der Waals surface area (Å²) in [7, 11) is 0. The highest BCUT2D eigenvalue weighted by atomic mass is 15.0. The van der Waals surface area contributed by atoms with E-state index in [1.165, 1.54) is 38.5 Å². The topological polar surface area (TPSA) is 12.0 Å². The number of rotatable bonds is 2. The molecule has 0 radical (unpaired) electrons. The van der Waals surface area contributed by atoms with Crippen LogP contribution in [0.3, 0.4) is 0 Å². The Morgan fingerprint density at radius 1 is 1.13 bits per heavy atom. The quantitative estimate of drug-likeness (QED) is 0.681. The summed E-state index contributed by atoms with van der Waals surface area (Å²) < 4.78 is 0. The molecule has 0 aliphatic heterocycles. The third-order valence-electron chi connectivity index (χ3n) is 3.95. The highest BCUT2D eigenvalue weighted by Crippen LogP contribution is 2.33. The maximum Gasteiger partial charge on any atom is 0.0107 e. The first-order chi connectivity index (χ1) is 7.05. The summed E-state index contributed by atoms with van der Waals surface area (Å²) >= 11 is 0. The Labute approximate surface area is 94.3 Å². The van der Waals surface area contributed by atoms with Gasteiger partial charge < -0.3 is 5.32 Å². The Hall–Kier alpha value is -0.300. The normalized spacial score (nSPS) is 28.5. The second-order valence-corrected chi connectivity index (χ2v) is 6.25. The Bertz CT molecular complexity index is 243. The molecule has 1 atom stereocenters. The van der Waals surface area contributed by atoms with Gasteiger partial charge in [0.2, 0.25) is 0 Å². The third-order valence-corrected chi connectivity index (χ3v) is 3.95. The highest BCUT2D eigenvalue weighted by molar-refractivity contribution is 5.15. The van der Waals surface area contributed by atoms with Crippen LogP contribution in [0.1, 0.15) is 59.3 Å². The molecule has 0 heterocycles. The van der Waals surface area contributed by atoms with Gasteiger partial charge in [0.25, 0.3) is 0 Å². The summed E-state index contributed by atoms with van der Waals surface area (Å²) in [4.78, 5) is 0. The molecule has 0 bridgehead atoms. The van der Waals surface area contributed by atoms with Crippen molar-refractivity contribution in [1.82, 2.24) is 5.32 Å². The minimum atomic E-state index is 0.390. The first kappa shape index (κ1) is 11.2. The standard InChI is InChI=1S/C14H25N/c1-14(2,3)11-7-9-13(10-8-11)15-12-5-4-6-12/h7,12-13,15H,4-6,8-10H2,1-3H3/t13-/m0/s1. The van der Waals surface area contributed by atoms with Gasteiger partial charge in [0.15, 0.2) is 0 Å². The van der Waals surface area contributed by atoms with Crippen LogP contribution >= 0.6 is 0 Å². The molecule has 1 N–H and O–H groups in total. The molecule has 0 unspecified atom stereocenters. The summed E-state index contributed by atoms with van der Waals surface area (Å²) in [6, 6.07) is 1.61. The van der Waals surface area contributed by atoms with E-state index in [0.717, 1.165) is 12.1 Å². The Morgan fingerprint density at radius 2 is 1.87 bits per heavy atom. The van der Waals surface area contributed by atoms with Crippen molar-refractivity contribution in [2.45, 2.75) is 71.4 Å². The van der Waals surface area contributed by atoms with Crippen molar-refractivity contribution in [3.8, 4) is 0 Å². The van der Waals surface area contributed by atoms with Gasteiger partial charge in [-0.25, -0.2) is 0 Å². The smallest absolute Gasteiger partial charge is 0.0107 e. The fourth-order valence-electron chi connectivity index (χ4n) is 2.57. The van der Waals surface area contributed by atoms with E-state index in [1.807, 2.05) is 0 Å². The maximum atomic E-state index is 3.78. The number of hydrogen-bond donors (Lipinski definition) is 1. The van der Waals surface area contributed by atoms with Gasteiger partial charge in [-0.15, -0.1) is 0 Å². The van der Waals surface area contributed by atoms with Crippen molar-refractivity contribution < 1.29 is 0 Å². The van der Waals surface area contributed by atoms with E-state index >= 15 is 0 Å². The van der Waals surface area contributed by atoms with Gasteiger partial charge in [-0.05, 0) is 37.5 Å². The minimum absolute atomic E-state index is 0.390. The summed E-state index contributed by atoms with van der Waals surface area (Å²) in [6.45, 7) is 7.00. The van der Waals surface area contributed by atoms with Gasteiger partial charge in [-0.3, -0.25) is 0 Å². The van der Waals surface area contributed by atoms with E-state index < -0.39 is 0 Å². The van der Waals surface area contributed by atoms with Gasteiger partial charge in [0, 0.05) is 12.1 Å². The number of nitrogens with one attached hydrogen (secondary N) is 1. The molecule has 1 heteroatoms. The molecule has 0 aromatic carbocycles. The average Bonchev–Trinajstić information content (AvgIpc) is 2.11. The van der Waals surface area contributed by atoms with Gasteiger partial charge >= 0.3 is 0 Å². The van der Waals surface area contributed by atoms with Crippen LogP contribution in [-0.4, -0.2) is 12.1 Å². The lowest BCUT2D eigenvalue weighted by Gasteiger charge is -2.35. The molecule has 0 aromatic rings.